The van der Waals surface area contributed by atoms with Gasteiger partial charge >= 0.3 is 5.97 Å². The summed E-state index contributed by atoms with van der Waals surface area (Å²) in [4.78, 5) is 41.5. The quantitative estimate of drug-likeness (QED) is 0.589. The Bertz CT molecular complexity index is 955. The summed E-state index contributed by atoms with van der Waals surface area (Å²) in [5.41, 5.74) is -0.345. The zero-order valence-electron chi connectivity index (χ0n) is 18.2. The maximum Gasteiger partial charge on any atom is 0.337 e. The fourth-order valence-corrected chi connectivity index (χ4v) is 2.57. The van der Waals surface area contributed by atoms with Crippen LogP contribution in [0.4, 0.5) is 8.78 Å². The Hall–Kier alpha value is -3.33. The molecule has 2 rings (SSSR count). The van der Waals surface area contributed by atoms with Crippen LogP contribution in [0.25, 0.3) is 11.1 Å². The zero-order chi connectivity index (χ0) is 24.1. The maximum atomic E-state index is 13.4. The first kappa shape index (κ1) is 24.9. The molecule has 2 aromatic carbocycles. The van der Waals surface area contributed by atoms with E-state index < -0.39 is 41.3 Å². The van der Waals surface area contributed by atoms with Crippen LogP contribution in [-0.2, 0) is 14.4 Å². The number of alkyl halides is 2. The van der Waals surface area contributed by atoms with Gasteiger partial charge in [-0.1, -0.05) is 42.5 Å². The first-order valence-electron chi connectivity index (χ1n) is 9.82. The van der Waals surface area contributed by atoms with E-state index in [1.807, 2.05) is 30.3 Å². The molecule has 172 valence electrons. The minimum Gasteiger partial charge on any atom is -0.381 e. The maximum absolute atomic E-state index is 13.4. The lowest BCUT2D eigenvalue weighted by molar-refractivity contribution is -0.171. The molecule has 0 bridgehead atoms. The fourth-order valence-electron chi connectivity index (χ4n) is 2.57. The molecule has 0 fully saturated rings. The van der Waals surface area contributed by atoms with Crippen LogP contribution in [0, 0.1) is 5.41 Å². The van der Waals surface area contributed by atoms with Gasteiger partial charge in [0.15, 0.2) is 5.60 Å². The number of halogens is 2. The molecule has 0 aliphatic heterocycles. The third kappa shape index (κ3) is 6.10. The van der Waals surface area contributed by atoms with Crippen LogP contribution >= 0.6 is 0 Å². The Morgan fingerprint density at radius 2 is 1.44 bits per heavy atom. The second kappa shape index (κ2) is 9.86. The highest BCUT2D eigenvalue weighted by molar-refractivity contribution is 5.98. The molecule has 32 heavy (non-hydrogen) atoms. The van der Waals surface area contributed by atoms with E-state index in [0.717, 1.165) is 11.1 Å². The number of carbonyl (C=O) groups is 3. The summed E-state index contributed by atoms with van der Waals surface area (Å²) in [7, 11) is 0. The summed E-state index contributed by atoms with van der Waals surface area (Å²) in [6, 6.07) is 13.5. The molecule has 9 heteroatoms. The van der Waals surface area contributed by atoms with E-state index in [4.69, 9.17) is 0 Å². The summed E-state index contributed by atoms with van der Waals surface area (Å²) in [6.07, 6.45) is -3.38. The lowest BCUT2D eigenvalue weighted by atomic mass is 9.95. The lowest BCUT2D eigenvalue weighted by Gasteiger charge is -2.31. The smallest absolute Gasteiger partial charge is 0.337 e. The van der Waals surface area contributed by atoms with Gasteiger partial charge < -0.3 is 15.3 Å². The number of hydrogen-bond donors (Lipinski definition) is 3. The summed E-state index contributed by atoms with van der Waals surface area (Å²) < 4.78 is 26.8. The average molecular weight is 448 g/mol. The minimum atomic E-state index is -3.38. The van der Waals surface area contributed by atoms with Crippen molar-refractivity contribution < 1.29 is 33.1 Å². The number of rotatable bonds is 6. The van der Waals surface area contributed by atoms with Crippen molar-refractivity contribution in [1.82, 2.24) is 10.8 Å². The predicted octanol–water partition coefficient (Wildman–Crippen LogP) is 3.09. The molecule has 3 N–H and O–H groups in total. The van der Waals surface area contributed by atoms with E-state index in [-0.39, 0.29) is 5.56 Å². The highest BCUT2D eigenvalue weighted by atomic mass is 19.3. The molecule has 2 amide bonds. The minimum absolute atomic E-state index is 0.0826. The molecule has 0 aromatic heterocycles. The van der Waals surface area contributed by atoms with E-state index >= 15 is 0 Å². The van der Waals surface area contributed by atoms with Crippen molar-refractivity contribution in [3.05, 3.63) is 60.2 Å². The van der Waals surface area contributed by atoms with Crippen molar-refractivity contribution in [3.8, 4) is 11.1 Å². The Balaban J connectivity index is 2.19. The summed E-state index contributed by atoms with van der Waals surface area (Å²) in [6.45, 7) is 5.27. The molecule has 0 radical (unpaired) electrons. The van der Waals surface area contributed by atoms with Crippen molar-refractivity contribution in [3.63, 3.8) is 0 Å². The molecule has 2 atom stereocenters. The number of amides is 2. The molecule has 0 saturated heterocycles. The van der Waals surface area contributed by atoms with Gasteiger partial charge in [-0.15, -0.1) is 0 Å². The van der Waals surface area contributed by atoms with Gasteiger partial charge in [-0.25, -0.2) is 13.6 Å². The van der Waals surface area contributed by atoms with Gasteiger partial charge in [0, 0.05) is 5.56 Å². The Labute approximate surface area is 184 Å². The SMILES string of the molecule is CC(C)(C)C(=O)ONC(=O)[C@@H](NC(=O)c1ccc(-c2ccccc2)cc1)C(C)(O)C(F)F. The topological polar surface area (TPSA) is 105 Å². The molecule has 0 aliphatic carbocycles. The van der Waals surface area contributed by atoms with E-state index in [2.05, 4.69) is 10.2 Å². The Morgan fingerprint density at radius 1 is 0.906 bits per heavy atom. The van der Waals surface area contributed by atoms with Crippen LogP contribution in [0.15, 0.2) is 54.6 Å². The summed E-state index contributed by atoms with van der Waals surface area (Å²) >= 11 is 0. The van der Waals surface area contributed by atoms with Gasteiger partial charge in [-0.05, 0) is 51.0 Å². The van der Waals surface area contributed by atoms with Gasteiger partial charge in [-0.3, -0.25) is 9.59 Å². The standard InChI is InChI=1S/C23H26F2N2O5/c1-22(2,3)21(30)32-27-19(29)17(23(4,31)20(24)25)26-18(28)16-12-10-15(11-13-16)14-8-6-5-7-9-14/h5-13,17,20,31H,1-4H3,(H,26,28)(H,27,29)/t17-,23?/m1/s1. The van der Waals surface area contributed by atoms with Crippen molar-refractivity contribution in [1.29, 1.82) is 0 Å². The number of hydrogen-bond acceptors (Lipinski definition) is 5. The predicted molar refractivity (Wildman–Crippen MR) is 113 cm³/mol. The summed E-state index contributed by atoms with van der Waals surface area (Å²) in [5.74, 6) is -3.00. The average Bonchev–Trinajstić information content (AvgIpc) is 2.75. The first-order chi connectivity index (χ1) is 14.8. The van der Waals surface area contributed by atoms with Gasteiger partial charge in [0.25, 0.3) is 18.2 Å². The zero-order valence-corrected chi connectivity index (χ0v) is 18.2. The van der Waals surface area contributed by atoms with Gasteiger partial charge in [0.2, 0.25) is 0 Å². The van der Waals surface area contributed by atoms with Crippen molar-refractivity contribution in [2.24, 2.45) is 5.41 Å². The van der Waals surface area contributed by atoms with E-state index in [9.17, 15) is 28.3 Å². The molecule has 0 heterocycles. The second-order valence-corrected chi connectivity index (χ2v) is 8.48. The van der Waals surface area contributed by atoms with Crippen LogP contribution in [0.3, 0.4) is 0 Å². The molecule has 2 aromatic rings. The fraction of sp³-hybridized carbons (Fsp3) is 0.348. The lowest BCUT2D eigenvalue weighted by Crippen LogP contribution is -2.62. The van der Waals surface area contributed by atoms with E-state index in [1.54, 1.807) is 17.6 Å². The van der Waals surface area contributed by atoms with Gasteiger partial charge in [0.1, 0.15) is 6.04 Å². The normalized spacial score (nSPS) is 14.2. The van der Waals surface area contributed by atoms with Crippen molar-refractivity contribution >= 4 is 17.8 Å². The number of hydroxylamine groups is 1. The Kier molecular flexibility index (Phi) is 7.69. The van der Waals surface area contributed by atoms with Crippen LogP contribution in [0.2, 0.25) is 0 Å². The van der Waals surface area contributed by atoms with Crippen LogP contribution in [0.1, 0.15) is 38.1 Å². The number of benzene rings is 2. The summed E-state index contributed by atoms with van der Waals surface area (Å²) in [5, 5.41) is 12.3. The second-order valence-electron chi connectivity index (χ2n) is 8.48. The largest absolute Gasteiger partial charge is 0.381 e. The molecule has 0 saturated carbocycles. The van der Waals surface area contributed by atoms with Gasteiger partial charge in [0.05, 0.1) is 5.41 Å². The molecule has 7 nitrogen and oxygen atoms in total. The molecular weight excluding hydrogens is 422 g/mol. The van der Waals surface area contributed by atoms with Crippen molar-refractivity contribution in [2.75, 3.05) is 0 Å². The van der Waals surface area contributed by atoms with Crippen LogP contribution < -0.4 is 10.8 Å². The third-order valence-electron chi connectivity index (χ3n) is 4.67. The third-order valence-corrected chi connectivity index (χ3v) is 4.67. The molecular formula is C23H26F2N2O5. The highest BCUT2D eigenvalue weighted by Gasteiger charge is 2.46. The van der Waals surface area contributed by atoms with Crippen LogP contribution in [-0.4, -0.2) is 41.0 Å². The molecule has 1 unspecified atom stereocenters. The van der Waals surface area contributed by atoms with Crippen LogP contribution in [0.5, 0.6) is 0 Å². The molecule has 0 spiro atoms. The Morgan fingerprint density at radius 3 is 1.94 bits per heavy atom. The van der Waals surface area contributed by atoms with Gasteiger partial charge in [-0.2, -0.15) is 5.48 Å². The molecule has 0 aliphatic rings. The number of nitrogens with one attached hydrogen (secondary N) is 2. The van der Waals surface area contributed by atoms with E-state index in [1.165, 1.54) is 32.9 Å². The number of aliphatic hydroxyl groups is 1. The van der Waals surface area contributed by atoms with Crippen molar-refractivity contribution in [2.45, 2.75) is 45.8 Å². The number of carbonyl (C=O) groups excluding carboxylic acids is 3. The highest BCUT2D eigenvalue weighted by Crippen LogP contribution is 2.22. The van der Waals surface area contributed by atoms with E-state index in [0.29, 0.717) is 6.92 Å². The first-order valence-corrected chi connectivity index (χ1v) is 9.82. The monoisotopic (exact) mass is 448 g/mol.